The van der Waals surface area contributed by atoms with Crippen LogP contribution in [0.2, 0.25) is 0 Å². The van der Waals surface area contributed by atoms with Gasteiger partial charge in [0.2, 0.25) is 0 Å². The third-order valence-corrected chi connectivity index (χ3v) is 9.58. The number of halogens is 7. The number of hydrogen-bond acceptors (Lipinski definition) is 2. The molecule has 232 valence electrons. The summed E-state index contributed by atoms with van der Waals surface area (Å²) in [4.78, 5) is 2.49. The van der Waals surface area contributed by atoms with E-state index in [9.17, 15) is 35.8 Å². The molecule has 1 saturated heterocycles. The minimum Gasteiger partial charge on any atom is -0.392 e. The van der Waals surface area contributed by atoms with Gasteiger partial charge < -0.3 is 10.0 Å². The predicted octanol–water partition coefficient (Wildman–Crippen LogP) is 8.92. The molecule has 9 heteroatoms. The second-order valence-corrected chi connectivity index (χ2v) is 12.1. The molecule has 5 rings (SSSR count). The normalized spacial score (nSPS) is 23.3. The van der Waals surface area contributed by atoms with Crippen LogP contribution in [0.4, 0.5) is 30.7 Å². The Morgan fingerprint density at radius 1 is 0.767 bits per heavy atom. The number of aryl methyl sites for hydroxylation is 1. The lowest BCUT2D eigenvalue weighted by Crippen LogP contribution is -2.49. The molecule has 3 aromatic rings. The lowest BCUT2D eigenvalue weighted by molar-refractivity contribution is -0.143. The summed E-state index contributed by atoms with van der Waals surface area (Å²) in [5.41, 5.74) is -1.32. The van der Waals surface area contributed by atoms with Gasteiger partial charge >= 0.3 is 12.4 Å². The summed E-state index contributed by atoms with van der Waals surface area (Å²) in [6.07, 6.45) is -5.89. The Morgan fingerprint density at radius 2 is 1.33 bits per heavy atom. The fraction of sp³-hybridized carbons (Fsp3) is 0.471. The molecule has 43 heavy (non-hydrogen) atoms. The van der Waals surface area contributed by atoms with Crippen LogP contribution in [0.1, 0.15) is 78.7 Å². The van der Waals surface area contributed by atoms with E-state index in [0.29, 0.717) is 24.8 Å². The van der Waals surface area contributed by atoms with E-state index in [1.807, 2.05) is 42.5 Å². The van der Waals surface area contributed by atoms with Gasteiger partial charge in [0.15, 0.2) is 0 Å². The van der Waals surface area contributed by atoms with Gasteiger partial charge in [-0.15, -0.1) is 0 Å². The molecule has 0 bridgehead atoms. The molecule has 2 nitrogen and oxygen atoms in total. The lowest BCUT2D eigenvalue weighted by atomic mass is 9.63. The SMILES string of the molecule is O[C@@H](CCc1cc(C(F)(F)F)cc(C(F)(F)F)c1)[C@]1(c2ccccc2)CC[C@@H](N2CCC(c3ccc(F)cc3)CC2)CC1. The van der Waals surface area contributed by atoms with Crippen molar-refractivity contribution >= 4 is 0 Å². The Labute approximate surface area is 247 Å². The molecule has 0 spiro atoms. The van der Waals surface area contributed by atoms with Crippen molar-refractivity contribution in [2.75, 3.05) is 13.1 Å². The fourth-order valence-corrected chi connectivity index (χ4v) is 7.14. The topological polar surface area (TPSA) is 23.5 Å². The number of aliphatic hydroxyl groups is 1. The third kappa shape index (κ3) is 7.26. The van der Waals surface area contributed by atoms with Crippen LogP contribution < -0.4 is 0 Å². The van der Waals surface area contributed by atoms with E-state index in [4.69, 9.17) is 0 Å². The maximum atomic E-state index is 13.4. The zero-order valence-electron chi connectivity index (χ0n) is 23.8. The van der Waals surface area contributed by atoms with E-state index in [1.54, 1.807) is 0 Å². The maximum Gasteiger partial charge on any atom is 0.416 e. The predicted molar refractivity (Wildman–Crippen MR) is 151 cm³/mol. The maximum absolute atomic E-state index is 13.4. The van der Waals surface area contributed by atoms with Gasteiger partial charge in [-0.25, -0.2) is 4.39 Å². The molecule has 0 amide bonds. The molecule has 0 aromatic heterocycles. The van der Waals surface area contributed by atoms with E-state index in [1.165, 1.54) is 12.1 Å². The average Bonchev–Trinajstić information content (AvgIpc) is 3.00. The van der Waals surface area contributed by atoms with Gasteiger partial charge in [0.05, 0.1) is 17.2 Å². The monoisotopic (exact) mass is 607 g/mol. The van der Waals surface area contributed by atoms with Crippen molar-refractivity contribution in [2.45, 2.75) is 87.2 Å². The zero-order valence-corrected chi connectivity index (χ0v) is 23.8. The van der Waals surface area contributed by atoms with Crippen LogP contribution in [0.15, 0.2) is 72.8 Å². The molecule has 0 unspecified atom stereocenters. The van der Waals surface area contributed by atoms with Gasteiger partial charge in [-0.2, -0.15) is 26.3 Å². The van der Waals surface area contributed by atoms with E-state index in [-0.39, 0.29) is 30.3 Å². The van der Waals surface area contributed by atoms with Gasteiger partial charge in [-0.3, -0.25) is 0 Å². The molecule has 0 radical (unpaired) electrons. The van der Waals surface area contributed by atoms with Crippen molar-refractivity contribution in [2.24, 2.45) is 0 Å². The molecule has 2 aliphatic rings. The van der Waals surface area contributed by atoms with Crippen LogP contribution in [-0.4, -0.2) is 35.2 Å². The summed E-state index contributed by atoms with van der Waals surface area (Å²) in [5, 5.41) is 11.6. The average molecular weight is 608 g/mol. The quantitative estimate of drug-likeness (QED) is 0.271. The summed E-state index contributed by atoms with van der Waals surface area (Å²) in [5.74, 6) is 0.146. The standard InChI is InChI=1S/C34H36F7NO/c35-29-9-7-24(8-10-29)25-14-18-42(19-15-25)30-12-16-32(17-13-30,26-4-2-1-3-5-26)31(43)11-6-23-20-27(33(36,37)38)22-28(21-23)34(39,40)41/h1-5,7-10,20-22,25,30-31,43H,6,11-19H2/t30-,31-,32-/m0/s1. The van der Waals surface area contributed by atoms with Crippen LogP contribution in [0, 0.1) is 5.82 Å². The van der Waals surface area contributed by atoms with Crippen LogP contribution in [0.3, 0.4) is 0 Å². The van der Waals surface area contributed by atoms with Crippen LogP contribution >= 0.6 is 0 Å². The van der Waals surface area contributed by atoms with E-state index >= 15 is 0 Å². The highest BCUT2D eigenvalue weighted by atomic mass is 19.4. The van der Waals surface area contributed by atoms with E-state index in [2.05, 4.69) is 4.90 Å². The molecule has 1 heterocycles. The number of rotatable bonds is 7. The summed E-state index contributed by atoms with van der Waals surface area (Å²) in [6.45, 7) is 1.84. The Balaban J connectivity index is 1.27. The fourth-order valence-electron chi connectivity index (χ4n) is 7.14. The van der Waals surface area contributed by atoms with Crippen molar-refractivity contribution in [1.29, 1.82) is 0 Å². The van der Waals surface area contributed by atoms with Crippen LogP contribution in [-0.2, 0) is 24.2 Å². The highest BCUT2D eigenvalue weighted by molar-refractivity contribution is 5.34. The Bertz CT molecular complexity index is 1310. The van der Waals surface area contributed by atoms with Crippen LogP contribution in [0.5, 0.6) is 0 Å². The van der Waals surface area contributed by atoms with E-state index in [0.717, 1.165) is 62.0 Å². The first kappa shape index (κ1) is 31.5. The number of benzene rings is 3. The number of likely N-dealkylation sites (tertiary alicyclic amines) is 1. The number of aliphatic hydroxyl groups excluding tert-OH is 1. The minimum absolute atomic E-state index is 0.0429. The van der Waals surface area contributed by atoms with Gasteiger partial charge in [0.1, 0.15) is 5.82 Å². The molecule has 1 N–H and O–H groups in total. The molecule has 1 aliphatic carbocycles. The molecule has 1 atom stereocenters. The third-order valence-electron chi connectivity index (χ3n) is 9.58. The largest absolute Gasteiger partial charge is 0.416 e. The van der Waals surface area contributed by atoms with Crippen molar-refractivity contribution in [1.82, 2.24) is 4.90 Å². The van der Waals surface area contributed by atoms with Gasteiger partial charge in [-0.05, 0) is 117 Å². The number of nitrogens with zero attached hydrogens (tertiary/aromatic N) is 1. The molecular weight excluding hydrogens is 571 g/mol. The summed E-state index contributed by atoms with van der Waals surface area (Å²) < 4.78 is 93.7. The molecule has 1 aliphatic heterocycles. The Hall–Kier alpha value is -2.91. The molecular formula is C34H36F7NO. The first-order valence-corrected chi connectivity index (χ1v) is 14.9. The highest BCUT2D eigenvalue weighted by Crippen LogP contribution is 2.46. The first-order valence-electron chi connectivity index (χ1n) is 14.9. The molecule has 3 aromatic carbocycles. The van der Waals surface area contributed by atoms with E-state index < -0.39 is 35.0 Å². The molecule has 1 saturated carbocycles. The Morgan fingerprint density at radius 3 is 1.86 bits per heavy atom. The van der Waals surface area contributed by atoms with Gasteiger partial charge in [0, 0.05) is 11.5 Å². The smallest absolute Gasteiger partial charge is 0.392 e. The summed E-state index contributed by atoms with van der Waals surface area (Å²) in [7, 11) is 0. The second-order valence-electron chi connectivity index (χ2n) is 12.1. The zero-order chi connectivity index (χ0) is 30.8. The Kier molecular flexibility index (Phi) is 9.23. The molecule has 2 fully saturated rings. The van der Waals surface area contributed by atoms with Crippen molar-refractivity contribution in [3.8, 4) is 0 Å². The summed E-state index contributed by atoms with van der Waals surface area (Å²) in [6, 6.07) is 18.2. The van der Waals surface area contributed by atoms with Crippen molar-refractivity contribution < 1.29 is 35.8 Å². The van der Waals surface area contributed by atoms with Crippen LogP contribution in [0.25, 0.3) is 0 Å². The summed E-state index contributed by atoms with van der Waals surface area (Å²) >= 11 is 0. The van der Waals surface area contributed by atoms with Crippen molar-refractivity contribution in [3.63, 3.8) is 0 Å². The van der Waals surface area contributed by atoms with Crippen molar-refractivity contribution in [3.05, 3.63) is 106 Å². The number of piperidine rings is 1. The number of hydrogen-bond donors (Lipinski definition) is 1. The van der Waals surface area contributed by atoms with Gasteiger partial charge in [0.25, 0.3) is 0 Å². The minimum atomic E-state index is -4.91. The highest BCUT2D eigenvalue weighted by Gasteiger charge is 2.44. The number of alkyl halides is 6. The lowest BCUT2D eigenvalue weighted by Gasteiger charge is -2.48. The second kappa shape index (κ2) is 12.6. The van der Waals surface area contributed by atoms with Gasteiger partial charge in [-0.1, -0.05) is 42.5 Å². The first-order chi connectivity index (χ1) is 20.3.